The van der Waals surface area contributed by atoms with Crippen LogP contribution in [0.3, 0.4) is 0 Å². The van der Waals surface area contributed by atoms with Crippen LogP contribution in [-0.2, 0) is 4.74 Å². The van der Waals surface area contributed by atoms with Gasteiger partial charge in [-0.1, -0.05) is 0 Å². The second-order valence-corrected chi connectivity index (χ2v) is 5.12. The molecule has 0 aromatic rings. The number of aliphatic hydroxyl groups excluding tert-OH is 1. The third-order valence-corrected chi connectivity index (χ3v) is 3.49. The summed E-state index contributed by atoms with van der Waals surface area (Å²) < 4.78 is 5.41. The van der Waals surface area contributed by atoms with E-state index >= 15 is 0 Å². The Hall–Kier alpha value is -0.160. The lowest BCUT2D eigenvalue weighted by atomic mass is 9.80. The van der Waals surface area contributed by atoms with Gasteiger partial charge in [0.05, 0.1) is 12.7 Å². The van der Waals surface area contributed by atoms with Gasteiger partial charge in [-0.25, -0.2) is 0 Å². The molecule has 4 nitrogen and oxygen atoms in total. The van der Waals surface area contributed by atoms with Gasteiger partial charge >= 0.3 is 0 Å². The number of nitrogens with one attached hydrogen (secondary N) is 1. The quantitative estimate of drug-likeness (QED) is 0.696. The van der Waals surface area contributed by atoms with Crippen LogP contribution in [0.5, 0.6) is 0 Å². The van der Waals surface area contributed by atoms with Crippen molar-refractivity contribution in [1.29, 1.82) is 0 Å². The van der Waals surface area contributed by atoms with E-state index in [9.17, 15) is 5.11 Å². The van der Waals surface area contributed by atoms with Crippen LogP contribution in [0.25, 0.3) is 0 Å². The molecule has 0 heterocycles. The molecular weight excluding hydrogens is 204 g/mol. The van der Waals surface area contributed by atoms with Crippen LogP contribution in [-0.4, -0.2) is 62.6 Å². The average Bonchev–Trinajstić information content (AvgIpc) is 2.29. The maximum Gasteiger partial charge on any atom is 0.0614 e. The first-order chi connectivity index (χ1) is 7.62. The second-order valence-electron chi connectivity index (χ2n) is 5.12. The van der Waals surface area contributed by atoms with Crippen LogP contribution < -0.4 is 5.32 Å². The Morgan fingerprint density at radius 2 is 2.25 bits per heavy atom. The summed E-state index contributed by atoms with van der Waals surface area (Å²) in [5.41, 5.74) is -0.116. The Kier molecular flexibility index (Phi) is 5.69. The van der Waals surface area contributed by atoms with Gasteiger partial charge in [-0.3, -0.25) is 0 Å². The highest BCUT2D eigenvalue weighted by atomic mass is 16.5. The van der Waals surface area contributed by atoms with Crippen molar-refractivity contribution in [2.75, 3.05) is 40.9 Å². The summed E-state index contributed by atoms with van der Waals surface area (Å²) >= 11 is 0. The summed E-state index contributed by atoms with van der Waals surface area (Å²) in [5, 5.41) is 13.1. The van der Waals surface area contributed by atoms with Crippen molar-refractivity contribution in [3.63, 3.8) is 0 Å². The highest BCUT2D eigenvalue weighted by molar-refractivity contribution is 4.93. The summed E-state index contributed by atoms with van der Waals surface area (Å²) in [6.07, 6.45) is 4.53. The maximum atomic E-state index is 9.59. The fourth-order valence-corrected chi connectivity index (χ4v) is 2.41. The van der Waals surface area contributed by atoms with Crippen molar-refractivity contribution >= 4 is 0 Å². The van der Waals surface area contributed by atoms with Gasteiger partial charge < -0.3 is 20.1 Å². The van der Waals surface area contributed by atoms with Crippen molar-refractivity contribution in [3.8, 4) is 0 Å². The summed E-state index contributed by atoms with van der Waals surface area (Å²) in [4.78, 5) is 2.15. The van der Waals surface area contributed by atoms with Crippen molar-refractivity contribution in [2.45, 2.75) is 37.3 Å². The zero-order chi connectivity index (χ0) is 12.0. The van der Waals surface area contributed by atoms with Gasteiger partial charge in [0.1, 0.15) is 0 Å². The van der Waals surface area contributed by atoms with Crippen LogP contribution in [0, 0.1) is 0 Å². The Morgan fingerprint density at radius 1 is 1.50 bits per heavy atom. The van der Waals surface area contributed by atoms with E-state index < -0.39 is 0 Å². The molecule has 16 heavy (non-hydrogen) atoms. The van der Waals surface area contributed by atoms with E-state index in [1.165, 1.54) is 0 Å². The molecule has 0 radical (unpaired) electrons. The third kappa shape index (κ3) is 4.01. The van der Waals surface area contributed by atoms with Gasteiger partial charge in [0.15, 0.2) is 0 Å². The van der Waals surface area contributed by atoms with E-state index in [0.717, 1.165) is 38.8 Å². The molecule has 0 amide bonds. The molecule has 1 aliphatic rings. The van der Waals surface area contributed by atoms with Gasteiger partial charge in [-0.15, -0.1) is 0 Å². The standard InChI is InChI=1S/C12H26N2O2/c1-14(2)8-7-13-12(10-15)6-4-5-11(9-12)16-3/h11,13,15H,4-10H2,1-3H3. The van der Waals surface area contributed by atoms with E-state index in [4.69, 9.17) is 4.74 Å². The van der Waals surface area contributed by atoms with Crippen molar-refractivity contribution in [3.05, 3.63) is 0 Å². The first-order valence-corrected chi connectivity index (χ1v) is 6.15. The molecule has 0 saturated heterocycles. The van der Waals surface area contributed by atoms with Gasteiger partial charge in [0.2, 0.25) is 0 Å². The Balaban J connectivity index is 2.42. The van der Waals surface area contributed by atoms with E-state index in [1.54, 1.807) is 7.11 Å². The molecule has 2 atom stereocenters. The SMILES string of the molecule is COC1CCCC(CO)(NCCN(C)C)C1. The first kappa shape index (κ1) is 13.9. The molecule has 1 fully saturated rings. The highest BCUT2D eigenvalue weighted by Gasteiger charge is 2.35. The summed E-state index contributed by atoms with van der Waals surface area (Å²) in [5.74, 6) is 0. The van der Waals surface area contributed by atoms with Crippen molar-refractivity contribution in [2.24, 2.45) is 0 Å². The molecule has 0 aromatic carbocycles. The largest absolute Gasteiger partial charge is 0.394 e. The summed E-state index contributed by atoms with van der Waals surface area (Å²) in [6.45, 7) is 2.13. The van der Waals surface area contributed by atoms with Crippen LogP contribution in [0.2, 0.25) is 0 Å². The predicted molar refractivity (Wildman–Crippen MR) is 65.6 cm³/mol. The maximum absolute atomic E-state index is 9.59. The Bertz CT molecular complexity index is 199. The second kappa shape index (κ2) is 6.55. The molecule has 0 bridgehead atoms. The number of ether oxygens (including phenoxy) is 1. The normalized spacial score (nSPS) is 30.9. The monoisotopic (exact) mass is 230 g/mol. The van der Waals surface area contributed by atoms with Gasteiger partial charge in [-0.05, 0) is 39.8 Å². The van der Waals surface area contributed by atoms with E-state index in [2.05, 4.69) is 24.3 Å². The van der Waals surface area contributed by atoms with Crippen molar-refractivity contribution in [1.82, 2.24) is 10.2 Å². The molecule has 1 aliphatic carbocycles. The summed E-state index contributed by atoms with van der Waals surface area (Å²) in [7, 11) is 5.89. The number of hydrogen-bond acceptors (Lipinski definition) is 4. The Morgan fingerprint density at radius 3 is 2.81 bits per heavy atom. The van der Waals surface area contributed by atoms with Gasteiger partial charge in [0.25, 0.3) is 0 Å². The topological polar surface area (TPSA) is 44.7 Å². The van der Waals surface area contributed by atoms with Crippen molar-refractivity contribution < 1.29 is 9.84 Å². The van der Waals surface area contributed by atoms with Crippen LogP contribution in [0.15, 0.2) is 0 Å². The number of nitrogens with zero attached hydrogens (tertiary/aromatic N) is 1. The molecular formula is C12H26N2O2. The first-order valence-electron chi connectivity index (χ1n) is 6.15. The average molecular weight is 230 g/mol. The molecule has 0 aliphatic heterocycles. The fourth-order valence-electron chi connectivity index (χ4n) is 2.41. The fraction of sp³-hybridized carbons (Fsp3) is 1.00. The lowest BCUT2D eigenvalue weighted by Gasteiger charge is -2.40. The van der Waals surface area contributed by atoms with E-state index in [-0.39, 0.29) is 12.1 Å². The van der Waals surface area contributed by atoms with E-state index in [1.807, 2.05) is 0 Å². The predicted octanol–water partition coefficient (Wildman–Crippen LogP) is 0.458. The number of methoxy groups -OCH3 is 1. The number of rotatable bonds is 6. The van der Waals surface area contributed by atoms with Crippen LogP contribution in [0.1, 0.15) is 25.7 Å². The number of aliphatic hydroxyl groups is 1. The Labute approximate surface area is 99.0 Å². The highest BCUT2D eigenvalue weighted by Crippen LogP contribution is 2.29. The molecule has 0 aromatic heterocycles. The minimum Gasteiger partial charge on any atom is -0.394 e. The minimum atomic E-state index is -0.116. The minimum absolute atomic E-state index is 0.116. The molecule has 2 unspecified atom stereocenters. The third-order valence-electron chi connectivity index (χ3n) is 3.49. The van der Waals surface area contributed by atoms with Crippen LogP contribution in [0.4, 0.5) is 0 Å². The number of likely N-dealkylation sites (N-methyl/N-ethyl adjacent to an activating group) is 1. The lowest BCUT2D eigenvalue weighted by Crippen LogP contribution is -2.54. The van der Waals surface area contributed by atoms with Gasteiger partial charge in [-0.2, -0.15) is 0 Å². The lowest BCUT2D eigenvalue weighted by molar-refractivity contribution is 0.00947. The zero-order valence-electron chi connectivity index (χ0n) is 10.8. The molecule has 96 valence electrons. The molecule has 1 saturated carbocycles. The smallest absolute Gasteiger partial charge is 0.0614 e. The summed E-state index contributed by atoms with van der Waals surface area (Å²) in [6, 6.07) is 0. The number of hydrogen-bond donors (Lipinski definition) is 2. The van der Waals surface area contributed by atoms with E-state index in [0.29, 0.717) is 6.10 Å². The molecule has 2 N–H and O–H groups in total. The molecule has 4 heteroatoms. The zero-order valence-corrected chi connectivity index (χ0v) is 10.8. The van der Waals surface area contributed by atoms with Crippen LogP contribution >= 0.6 is 0 Å². The molecule has 1 rings (SSSR count). The van der Waals surface area contributed by atoms with Gasteiger partial charge in [0, 0.05) is 25.7 Å². The molecule has 0 spiro atoms.